The van der Waals surface area contributed by atoms with Crippen molar-refractivity contribution in [3.63, 3.8) is 0 Å². The summed E-state index contributed by atoms with van der Waals surface area (Å²) in [6.07, 6.45) is 5.99. The Bertz CT molecular complexity index is 194. The molecule has 0 aromatic carbocycles. The normalized spacial score (nSPS) is 38.8. The predicted molar refractivity (Wildman–Crippen MR) is 58.2 cm³/mol. The van der Waals surface area contributed by atoms with Crippen molar-refractivity contribution in [1.82, 2.24) is 4.90 Å². The monoisotopic (exact) mass is 197 g/mol. The van der Waals surface area contributed by atoms with Crippen LogP contribution in [0.3, 0.4) is 0 Å². The number of aliphatic hydroxyl groups excluding tert-OH is 1. The second kappa shape index (κ2) is 3.82. The Morgan fingerprint density at radius 1 is 1.07 bits per heavy atom. The van der Waals surface area contributed by atoms with E-state index in [0.29, 0.717) is 11.5 Å². The van der Waals surface area contributed by atoms with E-state index in [4.69, 9.17) is 0 Å². The number of nitrogens with zero attached hydrogens (tertiary/aromatic N) is 1. The number of hydrogen-bond donors (Lipinski definition) is 1. The van der Waals surface area contributed by atoms with Gasteiger partial charge in [0.15, 0.2) is 0 Å². The van der Waals surface area contributed by atoms with Crippen molar-refractivity contribution in [3.8, 4) is 0 Å². The topological polar surface area (TPSA) is 23.5 Å². The van der Waals surface area contributed by atoms with Crippen LogP contribution in [-0.2, 0) is 0 Å². The Balaban J connectivity index is 1.89. The molecule has 0 amide bonds. The molecule has 0 bridgehead atoms. The first-order valence-corrected chi connectivity index (χ1v) is 6.01. The first-order chi connectivity index (χ1) is 6.58. The standard InChI is InChI=1S/C12H23NO/c1-12(2)8-13(9-12)10-6-4-3-5-7-11(10)14/h10-11,14H,3-9H2,1-2H3. The summed E-state index contributed by atoms with van der Waals surface area (Å²) in [5.41, 5.74) is 0.492. The van der Waals surface area contributed by atoms with Crippen molar-refractivity contribution in [2.45, 2.75) is 58.1 Å². The molecule has 1 saturated carbocycles. The van der Waals surface area contributed by atoms with Gasteiger partial charge in [-0.3, -0.25) is 4.90 Å². The molecule has 1 aliphatic heterocycles. The quantitative estimate of drug-likeness (QED) is 0.650. The summed E-state index contributed by atoms with van der Waals surface area (Å²) in [6.45, 7) is 6.97. The minimum atomic E-state index is -0.0615. The number of likely N-dealkylation sites (tertiary alicyclic amines) is 1. The van der Waals surface area contributed by atoms with Gasteiger partial charge in [0.25, 0.3) is 0 Å². The molecule has 2 rings (SSSR count). The van der Waals surface area contributed by atoms with Crippen LogP contribution < -0.4 is 0 Å². The fraction of sp³-hybridized carbons (Fsp3) is 1.00. The average Bonchev–Trinajstić information content (AvgIpc) is 2.25. The lowest BCUT2D eigenvalue weighted by Gasteiger charge is -2.51. The Morgan fingerprint density at radius 3 is 2.36 bits per heavy atom. The van der Waals surface area contributed by atoms with Gasteiger partial charge in [-0.25, -0.2) is 0 Å². The minimum absolute atomic E-state index is 0.0615. The van der Waals surface area contributed by atoms with Crippen LogP contribution in [0.4, 0.5) is 0 Å². The Morgan fingerprint density at radius 2 is 1.71 bits per heavy atom. The largest absolute Gasteiger partial charge is 0.391 e. The van der Waals surface area contributed by atoms with Crippen LogP contribution in [0, 0.1) is 5.41 Å². The van der Waals surface area contributed by atoms with Crippen LogP contribution >= 0.6 is 0 Å². The molecular formula is C12H23NO. The summed E-state index contributed by atoms with van der Waals surface area (Å²) < 4.78 is 0. The van der Waals surface area contributed by atoms with Crippen molar-refractivity contribution < 1.29 is 5.11 Å². The maximum Gasteiger partial charge on any atom is 0.0695 e. The third-order valence-corrected chi connectivity index (χ3v) is 3.68. The van der Waals surface area contributed by atoms with Crippen LogP contribution in [0.5, 0.6) is 0 Å². The molecule has 2 unspecified atom stereocenters. The molecule has 2 fully saturated rings. The summed E-state index contributed by atoms with van der Waals surface area (Å²) >= 11 is 0. The molecule has 1 aliphatic carbocycles. The lowest BCUT2D eigenvalue weighted by molar-refractivity contribution is -0.0545. The summed E-state index contributed by atoms with van der Waals surface area (Å²) in [7, 11) is 0. The number of aliphatic hydroxyl groups is 1. The van der Waals surface area contributed by atoms with Crippen LogP contribution in [0.15, 0.2) is 0 Å². The van der Waals surface area contributed by atoms with E-state index in [-0.39, 0.29) is 6.10 Å². The molecule has 1 saturated heterocycles. The first kappa shape index (κ1) is 10.4. The van der Waals surface area contributed by atoms with E-state index < -0.39 is 0 Å². The molecule has 2 aliphatic rings. The van der Waals surface area contributed by atoms with Gasteiger partial charge in [-0.15, -0.1) is 0 Å². The Hall–Kier alpha value is -0.0800. The lowest BCUT2D eigenvalue weighted by atomic mass is 9.82. The molecule has 0 spiro atoms. The van der Waals surface area contributed by atoms with Gasteiger partial charge in [0, 0.05) is 19.1 Å². The van der Waals surface area contributed by atoms with E-state index >= 15 is 0 Å². The molecule has 1 N–H and O–H groups in total. The van der Waals surface area contributed by atoms with Crippen LogP contribution in [0.2, 0.25) is 0 Å². The summed E-state index contributed by atoms with van der Waals surface area (Å²) in [5, 5.41) is 10.0. The van der Waals surface area contributed by atoms with Crippen molar-refractivity contribution in [2.75, 3.05) is 13.1 Å². The zero-order chi connectivity index (χ0) is 10.2. The van der Waals surface area contributed by atoms with E-state index in [1.165, 1.54) is 38.8 Å². The van der Waals surface area contributed by atoms with E-state index in [9.17, 15) is 5.11 Å². The van der Waals surface area contributed by atoms with Crippen molar-refractivity contribution in [3.05, 3.63) is 0 Å². The second-order valence-corrected chi connectivity index (χ2v) is 5.84. The maximum atomic E-state index is 10.0. The third-order valence-electron chi connectivity index (χ3n) is 3.68. The van der Waals surface area contributed by atoms with E-state index in [1.807, 2.05) is 0 Å². The fourth-order valence-electron chi connectivity index (χ4n) is 2.98. The van der Waals surface area contributed by atoms with Gasteiger partial charge < -0.3 is 5.11 Å². The third kappa shape index (κ3) is 2.12. The molecule has 2 atom stereocenters. The molecule has 82 valence electrons. The lowest BCUT2D eigenvalue weighted by Crippen LogP contribution is -2.59. The smallest absolute Gasteiger partial charge is 0.0695 e. The zero-order valence-corrected chi connectivity index (χ0v) is 9.50. The van der Waals surface area contributed by atoms with Gasteiger partial charge in [-0.1, -0.05) is 33.1 Å². The van der Waals surface area contributed by atoms with Gasteiger partial charge in [-0.05, 0) is 18.3 Å². The number of rotatable bonds is 1. The molecule has 0 aromatic heterocycles. The van der Waals surface area contributed by atoms with Gasteiger partial charge in [0.05, 0.1) is 6.10 Å². The maximum absolute atomic E-state index is 10.0. The Labute approximate surface area is 87.3 Å². The van der Waals surface area contributed by atoms with Gasteiger partial charge >= 0.3 is 0 Å². The first-order valence-electron chi connectivity index (χ1n) is 6.01. The van der Waals surface area contributed by atoms with E-state index in [0.717, 1.165) is 6.42 Å². The summed E-state index contributed by atoms with van der Waals surface area (Å²) in [5.74, 6) is 0. The number of hydrogen-bond acceptors (Lipinski definition) is 2. The molecule has 0 radical (unpaired) electrons. The molecule has 14 heavy (non-hydrogen) atoms. The molecule has 1 heterocycles. The SMILES string of the molecule is CC1(C)CN(C2CCCCCC2O)C1. The molecule has 0 aromatic rings. The second-order valence-electron chi connectivity index (χ2n) is 5.84. The highest BCUT2D eigenvalue weighted by molar-refractivity contribution is 4.94. The van der Waals surface area contributed by atoms with Gasteiger partial charge in [0.1, 0.15) is 0 Å². The summed E-state index contributed by atoms with van der Waals surface area (Å²) in [4.78, 5) is 2.48. The summed E-state index contributed by atoms with van der Waals surface area (Å²) in [6, 6.07) is 0.463. The minimum Gasteiger partial charge on any atom is -0.391 e. The van der Waals surface area contributed by atoms with Gasteiger partial charge in [0.2, 0.25) is 0 Å². The highest BCUT2D eigenvalue weighted by atomic mass is 16.3. The molecule has 2 heteroatoms. The van der Waals surface area contributed by atoms with Crippen LogP contribution in [0.1, 0.15) is 46.0 Å². The predicted octanol–water partition coefficient (Wildman–Crippen LogP) is 2.02. The Kier molecular flexibility index (Phi) is 2.85. The van der Waals surface area contributed by atoms with Crippen molar-refractivity contribution >= 4 is 0 Å². The van der Waals surface area contributed by atoms with Crippen molar-refractivity contribution in [2.24, 2.45) is 5.41 Å². The zero-order valence-electron chi connectivity index (χ0n) is 9.50. The highest BCUT2D eigenvalue weighted by Gasteiger charge is 2.40. The molecular weight excluding hydrogens is 174 g/mol. The van der Waals surface area contributed by atoms with E-state index in [2.05, 4.69) is 18.7 Å². The van der Waals surface area contributed by atoms with E-state index in [1.54, 1.807) is 0 Å². The van der Waals surface area contributed by atoms with Gasteiger partial charge in [-0.2, -0.15) is 0 Å². The molecule has 2 nitrogen and oxygen atoms in total. The van der Waals surface area contributed by atoms with Crippen molar-refractivity contribution in [1.29, 1.82) is 0 Å². The fourth-order valence-corrected chi connectivity index (χ4v) is 2.98. The van der Waals surface area contributed by atoms with Crippen LogP contribution in [-0.4, -0.2) is 35.2 Å². The highest BCUT2D eigenvalue weighted by Crippen LogP contribution is 2.34. The van der Waals surface area contributed by atoms with Crippen LogP contribution in [0.25, 0.3) is 0 Å². The average molecular weight is 197 g/mol.